The third-order valence-corrected chi connectivity index (χ3v) is 10.7. The van der Waals surface area contributed by atoms with Gasteiger partial charge < -0.3 is 29.3 Å². The van der Waals surface area contributed by atoms with Crippen LogP contribution < -0.4 is 0 Å². The van der Waals surface area contributed by atoms with Crippen LogP contribution in [0.4, 0.5) is 0 Å². The molecule has 0 aromatic heterocycles. The number of cyclic esters (lactones) is 1. The molecule has 3 amide bonds. The van der Waals surface area contributed by atoms with Gasteiger partial charge in [-0.3, -0.25) is 19.2 Å². The number of carbonyl (C=O) groups is 4. The van der Waals surface area contributed by atoms with Crippen LogP contribution in [0, 0.1) is 11.8 Å². The van der Waals surface area contributed by atoms with Crippen LogP contribution in [0.25, 0.3) is 0 Å². The van der Waals surface area contributed by atoms with E-state index in [2.05, 4.69) is 6.92 Å². The lowest BCUT2D eigenvalue weighted by molar-refractivity contribution is -0.164. The first kappa shape index (κ1) is 34.6. The van der Waals surface area contributed by atoms with Crippen molar-refractivity contribution in [3.63, 3.8) is 0 Å². The number of likely N-dealkylation sites (N-methyl/N-ethyl adjacent to an activating group) is 1. The molecule has 1 N–H and O–H groups in total. The number of rotatable bonds is 8. The molecule has 2 aromatic rings. The summed E-state index contributed by atoms with van der Waals surface area (Å²) in [5.74, 6) is -3.54. The Kier molecular flexibility index (Phi) is 10.4. The van der Waals surface area contributed by atoms with Gasteiger partial charge in [0.1, 0.15) is 23.7 Å². The van der Waals surface area contributed by atoms with Crippen molar-refractivity contribution >= 4 is 23.7 Å². The predicted molar refractivity (Wildman–Crippen MR) is 183 cm³/mol. The number of likely N-dealkylation sites (tertiary alicyclic amines) is 1. The fourth-order valence-electron chi connectivity index (χ4n) is 7.96. The van der Waals surface area contributed by atoms with Gasteiger partial charge in [0.25, 0.3) is 0 Å². The quantitative estimate of drug-likeness (QED) is 0.252. The topological polar surface area (TPSA) is 117 Å². The molecule has 0 unspecified atom stereocenters. The molecule has 2 fully saturated rings. The van der Waals surface area contributed by atoms with E-state index in [4.69, 9.17) is 9.47 Å². The molecule has 4 heterocycles. The van der Waals surface area contributed by atoms with Gasteiger partial charge in [0.15, 0.2) is 0 Å². The standard InChI is InChI=1S/C39H47N3O7/c1-4-5-14-23-41-24-15-8-13-20-31(44)40(3)26(2)34(28-18-11-7-12-19-28)48-38(47)32-30-21-22-39(49-30)33(32)36(45)42(35(39)37(41)46)29(25-43)27-16-9-6-10-17-27/h6-12,15-19,21-22,26,29-30,32-35,43H,4-5,13-14,20,23-25H2,1-3H3/b15-8-/t26-,29+,30+,32-,33-,34+,35+,39-/m0/s1. The van der Waals surface area contributed by atoms with Gasteiger partial charge in [-0.1, -0.05) is 105 Å². The normalized spacial score (nSPS) is 31.6. The number of fused-ring (bicyclic) bond motifs is 2. The molecule has 0 aliphatic carbocycles. The Bertz CT molecular complexity index is 1580. The number of carbonyl (C=O) groups excluding carboxylic acids is 4. The fraction of sp³-hybridized carbons (Fsp3) is 0.487. The van der Waals surface area contributed by atoms with Crippen molar-refractivity contribution in [2.75, 3.05) is 26.7 Å². The van der Waals surface area contributed by atoms with E-state index in [9.17, 15) is 24.3 Å². The molecule has 1 spiro atoms. The second-order valence-electron chi connectivity index (χ2n) is 13.6. The summed E-state index contributed by atoms with van der Waals surface area (Å²) < 4.78 is 12.9. The van der Waals surface area contributed by atoms with Crippen LogP contribution in [0.2, 0.25) is 0 Å². The molecule has 10 nitrogen and oxygen atoms in total. The Morgan fingerprint density at radius 3 is 2.37 bits per heavy atom. The summed E-state index contributed by atoms with van der Waals surface area (Å²) in [4.78, 5) is 62.3. The van der Waals surface area contributed by atoms with Gasteiger partial charge in [-0.15, -0.1) is 0 Å². The number of ether oxygens (including phenoxy) is 2. The van der Waals surface area contributed by atoms with Crippen LogP contribution in [0.1, 0.15) is 69.2 Å². The monoisotopic (exact) mass is 669 g/mol. The van der Waals surface area contributed by atoms with Crippen LogP contribution in [0.15, 0.2) is 85.0 Å². The van der Waals surface area contributed by atoms with Gasteiger partial charge >= 0.3 is 5.97 Å². The Hall–Kier alpha value is -4.28. The van der Waals surface area contributed by atoms with Gasteiger partial charge in [-0.2, -0.15) is 0 Å². The molecule has 4 aliphatic rings. The number of allylic oxidation sites excluding steroid dienone is 1. The zero-order valence-corrected chi connectivity index (χ0v) is 28.5. The van der Waals surface area contributed by atoms with Gasteiger partial charge in [0.2, 0.25) is 17.7 Å². The molecule has 6 rings (SSSR count). The van der Waals surface area contributed by atoms with E-state index < -0.39 is 66.3 Å². The molecule has 260 valence electrons. The van der Waals surface area contributed by atoms with Gasteiger partial charge in [-0.05, 0) is 30.9 Å². The molecule has 49 heavy (non-hydrogen) atoms. The number of nitrogens with zero attached hydrogens (tertiary/aromatic N) is 3. The lowest BCUT2D eigenvalue weighted by Gasteiger charge is -2.39. The minimum atomic E-state index is -1.42. The summed E-state index contributed by atoms with van der Waals surface area (Å²) in [7, 11) is 1.71. The van der Waals surface area contributed by atoms with E-state index in [1.807, 2.05) is 79.7 Å². The number of hydrogen-bond acceptors (Lipinski definition) is 7. The largest absolute Gasteiger partial charge is 0.455 e. The minimum Gasteiger partial charge on any atom is -0.455 e. The Morgan fingerprint density at radius 1 is 0.959 bits per heavy atom. The van der Waals surface area contributed by atoms with E-state index in [-0.39, 0.29) is 24.8 Å². The summed E-state index contributed by atoms with van der Waals surface area (Å²) in [6.45, 7) is 4.27. The van der Waals surface area contributed by atoms with Crippen molar-refractivity contribution in [2.24, 2.45) is 11.8 Å². The first-order chi connectivity index (χ1) is 23.7. The van der Waals surface area contributed by atoms with Crippen LogP contribution in [0.3, 0.4) is 0 Å². The number of aliphatic hydroxyl groups excluding tert-OH is 1. The van der Waals surface area contributed by atoms with Crippen molar-refractivity contribution < 1.29 is 33.8 Å². The third-order valence-electron chi connectivity index (χ3n) is 10.7. The first-order valence-corrected chi connectivity index (χ1v) is 17.5. The maximum atomic E-state index is 14.9. The van der Waals surface area contributed by atoms with Crippen LogP contribution in [-0.2, 0) is 28.7 Å². The smallest absolute Gasteiger partial charge is 0.313 e. The Morgan fingerprint density at radius 2 is 1.67 bits per heavy atom. The molecular weight excluding hydrogens is 622 g/mol. The second kappa shape index (κ2) is 14.7. The third kappa shape index (κ3) is 6.32. The summed E-state index contributed by atoms with van der Waals surface area (Å²) in [5, 5.41) is 10.8. The molecule has 5 bridgehead atoms. The van der Waals surface area contributed by atoms with E-state index in [1.54, 1.807) is 29.0 Å². The molecule has 8 atom stereocenters. The molecule has 0 radical (unpaired) electrons. The highest BCUT2D eigenvalue weighted by molar-refractivity contribution is 5.99. The zero-order chi connectivity index (χ0) is 34.7. The number of amides is 3. The van der Waals surface area contributed by atoms with Gasteiger partial charge in [-0.25, -0.2) is 0 Å². The average Bonchev–Trinajstić information content (AvgIpc) is 3.77. The summed E-state index contributed by atoms with van der Waals surface area (Å²) in [5.41, 5.74) is -0.0309. The molecule has 4 aliphatic heterocycles. The average molecular weight is 670 g/mol. The molecule has 0 saturated carbocycles. The van der Waals surface area contributed by atoms with E-state index in [1.165, 1.54) is 4.90 Å². The van der Waals surface area contributed by atoms with E-state index >= 15 is 0 Å². The maximum absolute atomic E-state index is 14.9. The number of esters is 1. The lowest BCUT2D eigenvalue weighted by Crippen LogP contribution is -2.56. The van der Waals surface area contributed by atoms with Crippen LogP contribution in [0.5, 0.6) is 0 Å². The lowest BCUT2D eigenvalue weighted by atomic mass is 9.74. The van der Waals surface area contributed by atoms with E-state index in [0.717, 1.165) is 24.8 Å². The highest BCUT2D eigenvalue weighted by Gasteiger charge is 2.74. The molecule has 10 heteroatoms. The number of unbranched alkanes of at least 4 members (excludes halogenated alkanes) is 2. The summed E-state index contributed by atoms with van der Waals surface area (Å²) >= 11 is 0. The Labute approximate surface area is 288 Å². The number of aliphatic hydroxyl groups is 1. The number of hydrogen-bond donors (Lipinski definition) is 1. The van der Waals surface area contributed by atoms with E-state index in [0.29, 0.717) is 18.5 Å². The molecular formula is C39H47N3O7. The minimum absolute atomic E-state index is 0.0969. The van der Waals surface area contributed by atoms with Crippen LogP contribution in [-0.4, -0.2) is 94.0 Å². The Balaban J connectivity index is 1.46. The SMILES string of the molecule is CCCCCN1C/C=C\CCC(=O)N(C)[C@@H](C)[C@H](c2ccccc2)OC(=O)[C@@H]2[C@H]3C(=O)N([C@H](CO)c4ccccc4)[C@H](C1=O)[C@]31C=C[C@H]2O1. The highest BCUT2D eigenvalue weighted by atomic mass is 16.6. The highest BCUT2D eigenvalue weighted by Crippen LogP contribution is 2.57. The van der Waals surface area contributed by atoms with Crippen LogP contribution >= 0.6 is 0 Å². The maximum Gasteiger partial charge on any atom is 0.313 e. The second-order valence-corrected chi connectivity index (χ2v) is 13.6. The predicted octanol–water partition coefficient (Wildman–Crippen LogP) is 4.37. The fourth-order valence-corrected chi connectivity index (χ4v) is 7.96. The van der Waals surface area contributed by atoms with Crippen molar-refractivity contribution in [3.8, 4) is 0 Å². The van der Waals surface area contributed by atoms with Gasteiger partial charge in [0, 0.05) is 26.6 Å². The van der Waals surface area contributed by atoms with Crippen molar-refractivity contribution in [1.29, 1.82) is 0 Å². The van der Waals surface area contributed by atoms with Crippen molar-refractivity contribution in [1.82, 2.24) is 14.7 Å². The summed E-state index contributed by atoms with van der Waals surface area (Å²) in [6.07, 6.45) is 9.15. The molecule has 2 saturated heterocycles. The van der Waals surface area contributed by atoms with Crippen molar-refractivity contribution in [3.05, 3.63) is 96.1 Å². The first-order valence-electron chi connectivity index (χ1n) is 17.5. The zero-order valence-electron chi connectivity index (χ0n) is 28.5. The molecule has 2 aromatic carbocycles. The van der Waals surface area contributed by atoms with Crippen molar-refractivity contribution in [2.45, 2.75) is 81.9 Å². The van der Waals surface area contributed by atoms with Gasteiger partial charge in [0.05, 0.1) is 30.7 Å². The summed E-state index contributed by atoms with van der Waals surface area (Å²) in [6, 6.07) is 16.0. The number of benzene rings is 2.